The van der Waals surface area contributed by atoms with Crippen LogP contribution in [0, 0.1) is 0 Å². The zero-order valence-electron chi connectivity index (χ0n) is 15.4. The van der Waals surface area contributed by atoms with E-state index < -0.39 is 0 Å². The topological polar surface area (TPSA) is 64.0 Å². The SMILES string of the molecule is Cn1c(CC(=O)c2ccccc2NC(=O)c2ccccc2)nc2ccccc21. The molecular formula is C23H19N3O2. The van der Waals surface area contributed by atoms with Crippen LogP contribution in [0.2, 0.25) is 0 Å². The molecule has 1 heterocycles. The molecule has 4 rings (SSSR count). The number of anilines is 1. The van der Waals surface area contributed by atoms with Crippen molar-refractivity contribution in [1.82, 2.24) is 9.55 Å². The number of aromatic nitrogens is 2. The lowest BCUT2D eigenvalue weighted by atomic mass is 10.1. The van der Waals surface area contributed by atoms with Crippen molar-refractivity contribution in [2.75, 3.05) is 5.32 Å². The van der Waals surface area contributed by atoms with Crippen molar-refractivity contribution < 1.29 is 9.59 Å². The zero-order chi connectivity index (χ0) is 19.5. The third-order valence-corrected chi connectivity index (χ3v) is 4.71. The molecule has 0 aliphatic carbocycles. The number of nitrogens with zero attached hydrogens (tertiary/aromatic N) is 2. The van der Waals surface area contributed by atoms with Gasteiger partial charge in [-0.1, -0.05) is 42.5 Å². The summed E-state index contributed by atoms with van der Waals surface area (Å²) in [5, 5.41) is 2.85. The molecule has 1 N–H and O–H groups in total. The van der Waals surface area contributed by atoms with Gasteiger partial charge in [0.1, 0.15) is 5.82 Å². The molecule has 0 saturated heterocycles. The van der Waals surface area contributed by atoms with E-state index in [1.54, 1.807) is 48.5 Å². The number of benzene rings is 3. The summed E-state index contributed by atoms with van der Waals surface area (Å²) < 4.78 is 1.93. The molecule has 5 nitrogen and oxygen atoms in total. The maximum Gasteiger partial charge on any atom is 0.255 e. The van der Waals surface area contributed by atoms with Gasteiger partial charge in [0.25, 0.3) is 5.91 Å². The summed E-state index contributed by atoms with van der Waals surface area (Å²) in [7, 11) is 1.90. The van der Waals surface area contributed by atoms with E-state index in [2.05, 4.69) is 10.3 Å². The number of rotatable bonds is 5. The summed E-state index contributed by atoms with van der Waals surface area (Å²) in [5.41, 5.74) is 3.36. The normalized spacial score (nSPS) is 10.8. The molecular weight excluding hydrogens is 350 g/mol. The monoisotopic (exact) mass is 369 g/mol. The van der Waals surface area contributed by atoms with Gasteiger partial charge < -0.3 is 9.88 Å². The van der Waals surface area contributed by atoms with E-state index in [4.69, 9.17) is 0 Å². The van der Waals surface area contributed by atoms with E-state index >= 15 is 0 Å². The minimum Gasteiger partial charge on any atom is -0.331 e. The molecule has 0 atom stereocenters. The van der Waals surface area contributed by atoms with E-state index in [9.17, 15) is 9.59 Å². The lowest BCUT2D eigenvalue weighted by molar-refractivity contribution is 0.0991. The van der Waals surface area contributed by atoms with Gasteiger partial charge in [0, 0.05) is 18.2 Å². The van der Waals surface area contributed by atoms with E-state index in [0.717, 1.165) is 11.0 Å². The number of fused-ring (bicyclic) bond motifs is 1. The van der Waals surface area contributed by atoms with Crippen LogP contribution < -0.4 is 5.32 Å². The largest absolute Gasteiger partial charge is 0.331 e. The molecule has 4 aromatic rings. The summed E-state index contributed by atoms with van der Waals surface area (Å²) in [6.45, 7) is 0. The summed E-state index contributed by atoms with van der Waals surface area (Å²) in [6.07, 6.45) is 0.156. The second-order valence-electron chi connectivity index (χ2n) is 6.54. The maximum atomic E-state index is 13.0. The third-order valence-electron chi connectivity index (χ3n) is 4.71. The Kier molecular flexibility index (Phi) is 4.72. The predicted octanol–water partition coefficient (Wildman–Crippen LogP) is 4.25. The number of Topliss-reactive ketones (excluding diaryl/α,β-unsaturated/α-hetero) is 1. The molecule has 138 valence electrons. The Balaban J connectivity index is 1.59. The smallest absolute Gasteiger partial charge is 0.255 e. The number of nitrogens with one attached hydrogen (secondary N) is 1. The van der Waals surface area contributed by atoms with Crippen LogP contribution in [0.1, 0.15) is 26.5 Å². The van der Waals surface area contributed by atoms with Gasteiger partial charge in [-0.05, 0) is 36.4 Å². The quantitative estimate of drug-likeness (QED) is 0.535. The Morgan fingerprint density at radius 3 is 2.36 bits per heavy atom. The molecule has 0 aliphatic rings. The Labute approximate surface area is 162 Å². The van der Waals surface area contributed by atoms with Gasteiger partial charge >= 0.3 is 0 Å². The van der Waals surface area contributed by atoms with Crippen LogP contribution in [0.4, 0.5) is 5.69 Å². The number of amides is 1. The highest BCUT2D eigenvalue weighted by molar-refractivity contribution is 6.09. The van der Waals surface area contributed by atoms with Crippen molar-refractivity contribution >= 4 is 28.4 Å². The van der Waals surface area contributed by atoms with Crippen molar-refractivity contribution in [3.05, 3.63) is 95.8 Å². The van der Waals surface area contributed by atoms with Crippen LogP contribution in [0.15, 0.2) is 78.9 Å². The first-order chi connectivity index (χ1) is 13.6. The molecule has 0 fully saturated rings. The number of hydrogen-bond acceptors (Lipinski definition) is 3. The predicted molar refractivity (Wildman–Crippen MR) is 110 cm³/mol. The van der Waals surface area contributed by atoms with E-state index in [0.29, 0.717) is 22.6 Å². The highest BCUT2D eigenvalue weighted by Gasteiger charge is 2.17. The molecule has 1 aromatic heterocycles. The first kappa shape index (κ1) is 17.7. The third kappa shape index (κ3) is 3.42. The average molecular weight is 369 g/mol. The van der Waals surface area contributed by atoms with Crippen molar-refractivity contribution in [2.24, 2.45) is 7.05 Å². The van der Waals surface area contributed by atoms with Gasteiger partial charge in [0.15, 0.2) is 5.78 Å². The average Bonchev–Trinajstić information content (AvgIpc) is 3.04. The number of hydrogen-bond donors (Lipinski definition) is 1. The summed E-state index contributed by atoms with van der Waals surface area (Å²) in [4.78, 5) is 30.0. The minimum atomic E-state index is -0.247. The highest BCUT2D eigenvalue weighted by Crippen LogP contribution is 2.20. The van der Waals surface area contributed by atoms with Crippen LogP contribution in [0.25, 0.3) is 11.0 Å². The number of aryl methyl sites for hydroxylation is 1. The highest BCUT2D eigenvalue weighted by atomic mass is 16.1. The molecule has 0 radical (unpaired) electrons. The number of imidazole rings is 1. The first-order valence-corrected chi connectivity index (χ1v) is 9.02. The Hall–Kier alpha value is -3.73. The molecule has 5 heteroatoms. The summed E-state index contributed by atoms with van der Waals surface area (Å²) in [6, 6.07) is 23.8. The molecule has 0 aliphatic heterocycles. The second kappa shape index (κ2) is 7.48. The van der Waals surface area contributed by atoms with Crippen LogP contribution in [-0.2, 0) is 13.5 Å². The van der Waals surface area contributed by atoms with Gasteiger partial charge in [-0.25, -0.2) is 4.98 Å². The summed E-state index contributed by atoms with van der Waals surface area (Å²) >= 11 is 0. The van der Waals surface area contributed by atoms with Crippen LogP contribution in [0.3, 0.4) is 0 Å². The van der Waals surface area contributed by atoms with Crippen LogP contribution in [-0.4, -0.2) is 21.2 Å². The van der Waals surface area contributed by atoms with Crippen molar-refractivity contribution in [2.45, 2.75) is 6.42 Å². The van der Waals surface area contributed by atoms with Gasteiger partial charge in [-0.15, -0.1) is 0 Å². The zero-order valence-corrected chi connectivity index (χ0v) is 15.4. The van der Waals surface area contributed by atoms with E-state index in [-0.39, 0.29) is 18.1 Å². The molecule has 1 amide bonds. The first-order valence-electron chi connectivity index (χ1n) is 9.02. The fraction of sp³-hybridized carbons (Fsp3) is 0.0870. The van der Waals surface area contributed by atoms with Crippen molar-refractivity contribution in [1.29, 1.82) is 0 Å². The fourth-order valence-corrected chi connectivity index (χ4v) is 3.21. The van der Waals surface area contributed by atoms with Crippen LogP contribution in [0.5, 0.6) is 0 Å². The lowest BCUT2D eigenvalue weighted by Crippen LogP contribution is -2.16. The van der Waals surface area contributed by atoms with Gasteiger partial charge in [0.2, 0.25) is 0 Å². The maximum absolute atomic E-state index is 13.0. The van der Waals surface area contributed by atoms with Gasteiger partial charge in [-0.3, -0.25) is 9.59 Å². The Morgan fingerprint density at radius 1 is 0.893 bits per heavy atom. The Morgan fingerprint density at radius 2 is 1.57 bits per heavy atom. The van der Waals surface area contributed by atoms with Gasteiger partial charge in [0.05, 0.1) is 23.1 Å². The molecule has 0 saturated carbocycles. The van der Waals surface area contributed by atoms with Gasteiger partial charge in [-0.2, -0.15) is 0 Å². The lowest BCUT2D eigenvalue weighted by Gasteiger charge is -2.10. The summed E-state index contributed by atoms with van der Waals surface area (Å²) in [5.74, 6) is 0.348. The number of carbonyl (C=O) groups excluding carboxylic acids is 2. The van der Waals surface area contributed by atoms with E-state index in [1.165, 1.54) is 0 Å². The number of para-hydroxylation sites is 3. The van der Waals surface area contributed by atoms with E-state index in [1.807, 2.05) is 41.9 Å². The molecule has 0 bridgehead atoms. The fourth-order valence-electron chi connectivity index (χ4n) is 3.21. The molecule has 28 heavy (non-hydrogen) atoms. The van der Waals surface area contributed by atoms with Crippen molar-refractivity contribution in [3.63, 3.8) is 0 Å². The minimum absolute atomic E-state index is 0.0950. The molecule has 3 aromatic carbocycles. The molecule has 0 spiro atoms. The number of ketones is 1. The second-order valence-corrected chi connectivity index (χ2v) is 6.54. The Bertz CT molecular complexity index is 1160. The van der Waals surface area contributed by atoms with Crippen LogP contribution >= 0.6 is 0 Å². The molecule has 0 unspecified atom stereocenters. The number of carbonyl (C=O) groups is 2. The van der Waals surface area contributed by atoms with Crippen molar-refractivity contribution in [3.8, 4) is 0 Å². The standard InChI is InChI=1S/C23H19N3O2/c1-26-20-14-8-7-13-19(20)24-22(26)15-21(27)17-11-5-6-12-18(17)25-23(28)16-9-3-2-4-10-16/h2-14H,15H2,1H3,(H,25,28).